The third kappa shape index (κ3) is 1.99. The average Bonchev–Trinajstić information content (AvgIpc) is 1.94. The van der Waals surface area contributed by atoms with Gasteiger partial charge in [-0.1, -0.05) is 13.8 Å². The first-order valence-corrected chi connectivity index (χ1v) is 5.16. The van der Waals surface area contributed by atoms with Gasteiger partial charge in [-0.3, -0.25) is 4.90 Å². The van der Waals surface area contributed by atoms with Crippen LogP contribution in [0.25, 0.3) is 0 Å². The van der Waals surface area contributed by atoms with E-state index in [-0.39, 0.29) is 0 Å². The Morgan fingerprint density at radius 1 is 1.33 bits per heavy atom. The van der Waals surface area contributed by atoms with E-state index in [0.29, 0.717) is 12.0 Å². The second kappa shape index (κ2) is 4.24. The first-order chi connectivity index (χ1) is 5.66. The monoisotopic (exact) mass is 170 g/mol. The van der Waals surface area contributed by atoms with E-state index in [2.05, 4.69) is 25.7 Å². The fraction of sp³-hybridized carbons (Fsp3) is 1.00. The summed E-state index contributed by atoms with van der Waals surface area (Å²) < 4.78 is 0. The lowest BCUT2D eigenvalue weighted by Gasteiger charge is -2.42. The van der Waals surface area contributed by atoms with Crippen LogP contribution in [0, 0.1) is 5.92 Å². The fourth-order valence-electron chi connectivity index (χ4n) is 1.99. The predicted octanol–water partition coefficient (Wildman–Crippen LogP) is 1.45. The van der Waals surface area contributed by atoms with Crippen LogP contribution >= 0.6 is 0 Å². The molecule has 1 aliphatic rings. The molecular weight excluding hydrogens is 148 g/mol. The third-order valence-corrected chi connectivity index (χ3v) is 3.21. The summed E-state index contributed by atoms with van der Waals surface area (Å²) >= 11 is 0. The molecule has 3 unspecified atom stereocenters. The average molecular weight is 170 g/mol. The normalized spacial score (nSPS) is 26.0. The molecule has 2 heteroatoms. The van der Waals surface area contributed by atoms with Gasteiger partial charge in [0.1, 0.15) is 0 Å². The van der Waals surface area contributed by atoms with E-state index < -0.39 is 0 Å². The summed E-state index contributed by atoms with van der Waals surface area (Å²) in [5, 5.41) is 0. The maximum absolute atomic E-state index is 5.90. The molecular formula is C10H22N2. The van der Waals surface area contributed by atoms with E-state index >= 15 is 0 Å². The molecule has 1 fully saturated rings. The Bertz CT molecular complexity index is 130. The Morgan fingerprint density at radius 3 is 2.17 bits per heavy atom. The van der Waals surface area contributed by atoms with Gasteiger partial charge in [0.25, 0.3) is 0 Å². The number of hydrogen-bond donors (Lipinski definition) is 1. The molecule has 0 amide bonds. The number of rotatable bonds is 4. The van der Waals surface area contributed by atoms with Crippen LogP contribution in [0.15, 0.2) is 0 Å². The molecule has 1 saturated heterocycles. The molecule has 1 heterocycles. The SMILES string of the molecule is CCC(C(C)C(C)N)N1CCC1. The van der Waals surface area contributed by atoms with E-state index in [0.717, 1.165) is 6.04 Å². The van der Waals surface area contributed by atoms with E-state index in [9.17, 15) is 0 Å². The highest BCUT2D eigenvalue weighted by Gasteiger charge is 2.28. The number of hydrogen-bond acceptors (Lipinski definition) is 2. The zero-order valence-electron chi connectivity index (χ0n) is 8.59. The Kier molecular flexibility index (Phi) is 3.53. The summed E-state index contributed by atoms with van der Waals surface area (Å²) in [6.07, 6.45) is 2.62. The molecule has 1 rings (SSSR count). The van der Waals surface area contributed by atoms with Crippen molar-refractivity contribution in [3.63, 3.8) is 0 Å². The molecule has 72 valence electrons. The second-order valence-corrected chi connectivity index (χ2v) is 4.08. The van der Waals surface area contributed by atoms with Crippen molar-refractivity contribution in [3.8, 4) is 0 Å². The highest BCUT2D eigenvalue weighted by Crippen LogP contribution is 2.22. The lowest BCUT2D eigenvalue weighted by atomic mass is 9.90. The molecule has 2 N–H and O–H groups in total. The van der Waals surface area contributed by atoms with Crippen LogP contribution in [0.4, 0.5) is 0 Å². The molecule has 0 aromatic heterocycles. The first kappa shape index (κ1) is 10.0. The van der Waals surface area contributed by atoms with E-state index in [1.54, 1.807) is 0 Å². The fourth-order valence-corrected chi connectivity index (χ4v) is 1.99. The van der Waals surface area contributed by atoms with Crippen LogP contribution in [-0.4, -0.2) is 30.1 Å². The van der Waals surface area contributed by atoms with Crippen molar-refractivity contribution < 1.29 is 0 Å². The molecule has 2 nitrogen and oxygen atoms in total. The van der Waals surface area contributed by atoms with Gasteiger partial charge in [0, 0.05) is 12.1 Å². The zero-order chi connectivity index (χ0) is 9.14. The quantitative estimate of drug-likeness (QED) is 0.692. The molecule has 0 aliphatic carbocycles. The van der Waals surface area contributed by atoms with Gasteiger partial charge in [0.2, 0.25) is 0 Å². The van der Waals surface area contributed by atoms with Crippen LogP contribution in [0.3, 0.4) is 0 Å². The number of likely N-dealkylation sites (tertiary alicyclic amines) is 1. The molecule has 0 radical (unpaired) electrons. The molecule has 1 aliphatic heterocycles. The molecule has 0 spiro atoms. The van der Waals surface area contributed by atoms with Gasteiger partial charge in [-0.15, -0.1) is 0 Å². The van der Waals surface area contributed by atoms with E-state index in [1.165, 1.54) is 25.9 Å². The van der Waals surface area contributed by atoms with Crippen molar-refractivity contribution in [1.82, 2.24) is 4.90 Å². The van der Waals surface area contributed by atoms with Crippen LogP contribution in [-0.2, 0) is 0 Å². The van der Waals surface area contributed by atoms with Gasteiger partial charge in [0.15, 0.2) is 0 Å². The van der Waals surface area contributed by atoms with Gasteiger partial charge in [0.05, 0.1) is 0 Å². The van der Waals surface area contributed by atoms with Crippen molar-refractivity contribution in [1.29, 1.82) is 0 Å². The van der Waals surface area contributed by atoms with Crippen LogP contribution < -0.4 is 5.73 Å². The standard InChI is InChI=1S/C10H22N2/c1-4-10(8(2)9(3)11)12-6-5-7-12/h8-10H,4-7,11H2,1-3H3. The van der Waals surface area contributed by atoms with Crippen LogP contribution in [0.2, 0.25) is 0 Å². The minimum Gasteiger partial charge on any atom is -0.328 e. The van der Waals surface area contributed by atoms with Gasteiger partial charge in [-0.05, 0) is 38.8 Å². The van der Waals surface area contributed by atoms with Gasteiger partial charge >= 0.3 is 0 Å². The maximum atomic E-state index is 5.90. The van der Waals surface area contributed by atoms with Crippen molar-refractivity contribution >= 4 is 0 Å². The molecule has 0 saturated carbocycles. The Morgan fingerprint density at radius 2 is 1.92 bits per heavy atom. The summed E-state index contributed by atoms with van der Waals surface area (Å²) in [7, 11) is 0. The largest absolute Gasteiger partial charge is 0.328 e. The Hall–Kier alpha value is -0.0800. The van der Waals surface area contributed by atoms with Gasteiger partial charge in [-0.2, -0.15) is 0 Å². The molecule has 3 atom stereocenters. The van der Waals surface area contributed by atoms with E-state index in [1.807, 2.05) is 0 Å². The Labute approximate surface area is 76.1 Å². The third-order valence-electron chi connectivity index (χ3n) is 3.21. The molecule has 12 heavy (non-hydrogen) atoms. The van der Waals surface area contributed by atoms with Crippen LogP contribution in [0.1, 0.15) is 33.6 Å². The zero-order valence-corrected chi connectivity index (χ0v) is 8.59. The van der Waals surface area contributed by atoms with Crippen molar-refractivity contribution in [2.45, 2.75) is 45.7 Å². The van der Waals surface area contributed by atoms with E-state index in [4.69, 9.17) is 5.73 Å². The summed E-state index contributed by atoms with van der Waals surface area (Å²) in [5.74, 6) is 0.635. The van der Waals surface area contributed by atoms with Crippen LogP contribution in [0.5, 0.6) is 0 Å². The van der Waals surface area contributed by atoms with Crippen molar-refractivity contribution in [2.75, 3.05) is 13.1 Å². The lowest BCUT2D eigenvalue weighted by Crippen LogP contribution is -2.51. The minimum absolute atomic E-state index is 0.329. The summed E-state index contributed by atoms with van der Waals surface area (Å²) in [6.45, 7) is 9.23. The predicted molar refractivity (Wildman–Crippen MR) is 53.1 cm³/mol. The summed E-state index contributed by atoms with van der Waals surface area (Å²) in [4.78, 5) is 2.56. The van der Waals surface area contributed by atoms with Gasteiger partial charge in [-0.25, -0.2) is 0 Å². The molecule has 0 bridgehead atoms. The summed E-state index contributed by atoms with van der Waals surface area (Å²) in [6, 6.07) is 1.05. The Balaban J connectivity index is 2.42. The molecule has 0 aromatic rings. The summed E-state index contributed by atoms with van der Waals surface area (Å²) in [5.41, 5.74) is 5.90. The highest BCUT2D eigenvalue weighted by atomic mass is 15.2. The minimum atomic E-state index is 0.329. The first-order valence-electron chi connectivity index (χ1n) is 5.16. The van der Waals surface area contributed by atoms with Crippen molar-refractivity contribution in [2.24, 2.45) is 11.7 Å². The van der Waals surface area contributed by atoms with Crippen molar-refractivity contribution in [3.05, 3.63) is 0 Å². The highest BCUT2D eigenvalue weighted by molar-refractivity contribution is 4.84. The molecule has 0 aromatic carbocycles. The maximum Gasteiger partial charge on any atom is 0.0133 e. The number of nitrogens with zero attached hydrogens (tertiary/aromatic N) is 1. The lowest BCUT2D eigenvalue weighted by molar-refractivity contribution is 0.0728. The second-order valence-electron chi connectivity index (χ2n) is 4.08. The topological polar surface area (TPSA) is 29.3 Å². The number of nitrogens with two attached hydrogens (primary N) is 1. The van der Waals surface area contributed by atoms with Gasteiger partial charge < -0.3 is 5.73 Å². The smallest absolute Gasteiger partial charge is 0.0133 e.